The number of aryl methyl sites for hydroxylation is 1. The van der Waals surface area contributed by atoms with Crippen molar-refractivity contribution >= 4 is 16.5 Å². The van der Waals surface area contributed by atoms with Crippen molar-refractivity contribution in [2.75, 3.05) is 17.2 Å². The third-order valence-electron chi connectivity index (χ3n) is 1.98. The molecule has 13 heavy (non-hydrogen) atoms. The molecule has 3 heteroatoms. The maximum absolute atomic E-state index is 11.2. The quantitative estimate of drug-likeness (QED) is 0.745. The molecule has 0 fully saturated rings. The first kappa shape index (κ1) is 10.3. The SMILES string of the molecule is CCS(=O)CCc1ccccc1N. The van der Waals surface area contributed by atoms with E-state index in [0.29, 0.717) is 5.75 Å². The van der Waals surface area contributed by atoms with Gasteiger partial charge in [-0.2, -0.15) is 0 Å². The summed E-state index contributed by atoms with van der Waals surface area (Å²) in [4.78, 5) is 0. The fraction of sp³-hybridized carbons (Fsp3) is 0.400. The lowest BCUT2D eigenvalue weighted by Crippen LogP contribution is -2.04. The summed E-state index contributed by atoms with van der Waals surface area (Å²) in [6.45, 7) is 1.93. The van der Waals surface area contributed by atoms with Crippen LogP contribution in [0.15, 0.2) is 24.3 Å². The van der Waals surface area contributed by atoms with E-state index in [1.807, 2.05) is 31.2 Å². The van der Waals surface area contributed by atoms with Crippen LogP contribution in [0.2, 0.25) is 0 Å². The second kappa shape index (κ2) is 5.02. The molecular formula is C10H15NOS. The minimum absolute atomic E-state index is 0.691. The first-order chi connectivity index (χ1) is 6.24. The Hall–Kier alpha value is -0.830. The lowest BCUT2D eigenvalue weighted by atomic mass is 10.1. The number of hydrogen-bond acceptors (Lipinski definition) is 2. The highest BCUT2D eigenvalue weighted by Gasteiger charge is 2.00. The monoisotopic (exact) mass is 197 g/mol. The highest BCUT2D eigenvalue weighted by molar-refractivity contribution is 7.84. The molecule has 0 saturated carbocycles. The zero-order valence-corrected chi connectivity index (χ0v) is 8.64. The van der Waals surface area contributed by atoms with Crippen molar-refractivity contribution in [3.05, 3.63) is 29.8 Å². The Labute approximate surface area is 81.6 Å². The zero-order chi connectivity index (χ0) is 9.68. The van der Waals surface area contributed by atoms with Crippen molar-refractivity contribution in [3.63, 3.8) is 0 Å². The topological polar surface area (TPSA) is 43.1 Å². The normalized spacial score (nSPS) is 12.7. The molecule has 0 amide bonds. The van der Waals surface area contributed by atoms with Crippen LogP contribution in [0.5, 0.6) is 0 Å². The smallest absolute Gasteiger partial charge is 0.0346 e. The van der Waals surface area contributed by atoms with Crippen LogP contribution >= 0.6 is 0 Å². The highest BCUT2D eigenvalue weighted by atomic mass is 32.2. The predicted octanol–water partition coefficient (Wildman–Crippen LogP) is 1.58. The number of hydrogen-bond donors (Lipinski definition) is 1. The lowest BCUT2D eigenvalue weighted by Gasteiger charge is -2.03. The van der Waals surface area contributed by atoms with Gasteiger partial charge in [-0.1, -0.05) is 25.1 Å². The van der Waals surface area contributed by atoms with E-state index in [9.17, 15) is 4.21 Å². The number of rotatable bonds is 4. The fourth-order valence-electron chi connectivity index (χ4n) is 1.13. The van der Waals surface area contributed by atoms with E-state index in [1.54, 1.807) is 0 Å². The van der Waals surface area contributed by atoms with Crippen LogP contribution in [-0.4, -0.2) is 15.7 Å². The molecule has 2 nitrogen and oxygen atoms in total. The van der Waals surface area contributed by atoms with Gasteiger partial charge < -0.3 is 5.73 Å². The summed E-state index contributed by atoms with van der Waals surface area (Å²) < 4.78 is 11.2. The van der Waals surface area contributed by atoms with E-state index < -0.39 is 10.8 Å². The molecule has 1 unspecified atom stereocenters. The third kappa shape index (κ3) is 3.19. The molecule has 1 rings (SSSR count). The van der Waals surface area contributed by atoms with Crippen molar-refractivity contribution < 1.29 is 4.21 Å². The van der Waals surface area contributed by atoms with Gasteiger partial charge in [-0.3, -0.25) is 4.21 Å². The van der Waals surface area contributed by atoms with Gasteiger partial charge in [-0.25, -0.2) is 0 Å². The lowest BCUT2D eigenvalue weighted by molar-refractivity contribution is 0.683. The summed E-state index contributed by atoms with van der Waals surface area (Å²) in [7, 11) is -0.691. The minimum Gasteiger partial charge on any atom is -0.399 e. The van der Waals surface area contributed by atoms with Gasteiger partial charge >= 0.3 is 0 Å². The molecule has 0 aliphatic carbocycles. The van der Waals surface area contributed by atoms with Gasteiger partial charge in [0.05, 0.1) is 0 Å². The molecule has 0 aliphatic rings. The van der Waals surface area contributed by atoms with Crippen LogP contribution < -0.4 is 5.73 Å². The minimum atomic E-state index is -0.691. The van der Waals surface area contributed by atoms with E-state index in [1.165, 1.54) is 0 Å². The molecule has 0 bridgehead atoms. The largest absolute Gasteiger partial charge is 0.399 e. The van der Waals surface area contributed by atoms with Crippen LogP contribution in [0, 0.1) is 0 Å². The van der Waals surface area contributed by atoms with E-state index >= 15 is 0 Å². The first-order valence-corrected chi connectivity index (χ1v) is 5.91. The Kier molecular flexibility index (Phi) is 3.96. The number of para-hydroxylation sites is 1. The molecule has 2 N–H and O–H groups in total. The van der Waals surface area contributed by atoms with Crippen LogP contribution in [0.3, 0.4) is 0 Å². The highest BCUT2D eigenvalue weighted by Crippen LogP contribution is 2.11. The van der Waals surface area contributed by atoms with Gasteiger partial charge in [-0.15, -0.1) is 0 Å². The fourth-order valence-corrected chi connectivity index (χ4v) is 1.87. The van der Waals surface area contributed by atoms with E-state index in [0.717, 1.165) is 23.4 Å². The molecule has 1 aromatic carbocycles. The Bertz CT molecular complexity index is 299. The van der Waals surface area contributed by atoms with Crippen molar-refractivity contribution in [3.8, 4) is 0 Å². The maximum Gasteiger partial charge on any atom is 0.0346 e. The van der Waals surface area contributed by atoms with Crippen molar-refractivity contribution in [2.24, 2.45) is 0 Å². The molecule has 0 aliphatic heterocycles. The van der Waals surface area contributed by atoms with Crippen molar-refractivity contribution in [2.45, 2.75) is 13.3 Å². The number of nitrogens with two attached hydrogens (primary N) is 1. The summed E-state index contributed by atoms with van der Waals surface area (Å²) in [5.41, 5.74) is 7.65. The Morgan fingerprint density at radius 3 is 2.69 bits per heavy atom. The number of nitrogen functional groups attached to an aromatic ring is 1. The van der Waals surface area contributed by atoms with E-state index in [4.69, 9.17) is 5.73 Å². The molecular weight excluding hydrogens is 182 g/mol. The summed E-state index contributed by atoms with van der Waals surface area (Å²) in [5, 5.41) is 0. The van der Waals surface area contributed by atoms with Gasteiger partial charge in [0.15, 0.2) is 0 Å². The summed E-state index contributed by atoms with van der Waals surface area (Å²) in [5.74, 6) is 1.44. The van der Waals surface area contributed by atoms with E-state index in [2.05, 4.69) is 0 Å². The third-order valence-corrected chi connectivity index (χ3v) is 3.28. The first-order valence-electron chi connectivity index (χ1n) is 4.42. The maximum atomic E-state index is 11.2. The average molecular weight is 197 g/mol. The summed E-state index contributed by atoms with van der Waals surface area (Å²) in [6, 6.07) is 7.74. The van der Waals surface area contributed by atoms with Gasteiger partial charge in [0.1, 0.15) is 0 Å². The molecule has 72 valence electrons. The van der Waals surface area contributed by atoms with Gasteiger partial charge in [0, 0.05) is 28.0 Å². The average Bonchev–Trinajstić information content (AvgIpc) is 2.16. The standard InChI is InChI=1S/C10H15NOS/c1-2-13(12)8-7-9-5-3-4-6-10(9)11/h3-6H,2,7-8,11H2,1H3. The number of benzene rings is 1. The van der Waals surface area contributed by atoms with E-state index in [-0.39, 0.29) is 0 Å². The Morgan fingerprint density at radius 2 is 2.08 bits per heavy atom. The van der Waals surface area contributed by atoms with Gasteiger partial charge in [0.25, 0.3) is 0 Å². The second-order valence-corrected chi connectivity index (χ2v) is 4.75. The van der Waals surface area contributed by atoms with Crippen LogP contribution in [0.4, 0.5) is 5.69 Å². The van der Waals surface area contributed by atoms with Gasteiger partial charge in [-0.05, 0) is 18.1 Å². The summed E-state index contributed by atoms with van der Waals surface area (Å²) >= 11 is 0. The van der Waals surface area contributed by atoms with Gasteiger partial charge in [0.2, 0.25) is 0 Å². The van der Waals surface area contributed by atoms with Crippen molar-refractivity contribution in [1.82, 2.24) is 0 Å². The molecule has 0 spiro atoms. The Balaban J connectivity index is 2.54. The summed E-state index contributed by atoms with van der Waals surface area (Å²) in [6.07, 6.45) is 0.813. The number of anilines is 1. The van der Waals surface area contributed by atoms with Crippen LogP contribution in [0.1, 0.15) is 12.5 Å². The zero-order valence-electron chi connectivity index (χ0n) is 7.82. The predicted molar refractivity (Wildman–Crippen MR) is 58.1 cm³/mol. The van der Waals surface area contributed by atoms with Crippen LogP contribution in [-0.2, 0) is 17.2 Å². The molecule has 0 saturated heterocycles. The van der Waals surface area contributed by atoms with Crippen molar-refractivity contribution in [1.29, 1.82) is 0 Å². The molecule has 1 atom stereocenters. The molecule has 0 heterocycles. The Morgan fingerprint density at radius 1 is 1.38 bits per heavy atom. The molecule has 1 aromatic rings. The molecule has 0 radical (unpaired) electrons. The second-order valence-electron chi connectivity index (χ2n) is 2.88. The molecule has 0 aromatic heterocycles. The van der Waals surface area contributed by atoms with Crippen LogP contribution in [0.25, 0.3) is 0 Å².